The highest BCUT2D eigenvalue weighted by Crippen LogP contribution is 2.22. The number of hydrogen-bond donors (Lipinski definition) is 5. The summed E-state index contributed by atoms with van der Waals surface area (Å²) in [6.07, 6.45) is -8.02. The normalized spacial score (nSPS) is 11.0. The summed E-state index contributed by atoms with van der Waals surface area (Å²) in [6, 6.07) is 1.21. The maximum absolute atomic E-state index is 13.0. The van der Waals surface area contributed by atoms with Gasteiger partial charge in [0.05, 0.1) is 11.9 Å². The number of pyridine rings is 1. The van der Waals surface area contributed by atoms with Gasteiger partial charge in [-0.2, -0.15) is 30.7 Å². The number of carboxylic acid groups (broad SMARTS) is 2. The minimum Gasteiger partial charge on any atom is -0.475 e. The molecular formula is C20H22ClF7N6O5. The molecule has 0 saturated heterocycles. The SMILES string of the molecule is Cc1cc(F)ncc1NC(=O)c1nc(Cl)c(NCCC(C)C)nc1N.O=C(O)C(F)(F)F.O=C(O)C(F)(F)F. The first-order chi connectivity index (χ1) is 17.7. The predicted molar refractivity (Wildman–Crippen MR) is 124 cm³/mol. The second kappa shape index (κ2) is 14.8. The number of alkyl halides is 6. The third-order valence-corrected chi connectivity index (χ3v) is 4.18. The summed E-state index contributed by atoms with van der Waals surface area (Å²) in [6.45, 7) is 6.51. The molecule has 0 unspecified atom stereocenters. The Morgan fingerprint density at radius 2 is 1.54 bits per heavy atom. The van der Waals surface area contributed by atoms with Gasteiger partial charge in [-0.1, -0.05) is 25.4 Å². The van der Waals surface area contributed by atoms with Crippen LogP contribution in [0.5, 0.6) is 0 Å². The minimum atomic E-state index is -5.08. The fourth-order valence-corrected chi connectivity index (χ4v) is 2.21. The molecule has 0 saturated carbocycles. The van der Waals surface area contributed by atoms with Gasteiger partial charge in [-0.05, 0) is 30.9 Å². The van der Waals surface area contributed by atoms with Crippen LogP contribution in [0.15, 0.2) is 12.3 Å². The number of carbonyl (C=O) groups is 3. The van der Waals surface area contributed by atoms with Crippen LogP contribution >= 0.6 is 11.6 Å². The molecule has 0 spiro atoms. The fraction of sp³-hybridized carbons (Fsp3) is 0.400. The first-order valence-electron chi connectivity index (χ1n) is 10.3. The van der Waals surface area contributed by atoms with Crippen LogP contribution in [0, 0.1) is 18.8 Å². The van der Waals surface area contributed by atoms with Crippen molar-refractivity contribution < 1.29 is 55.3 Å². The molecule has 2 aromatic rings. The van der Waals surface area contributed by atoms with Crippen LogP contribution in [-0.4, -0.2) is 61.9 Å². The molecule has 0 aliphatic rings. The predicted octanol–water partition coefficient (Wildman–Crippen LogP) is 4.53. The van der Waals surface area contributed by atoms with Crippen LogP contribution in [-0.2, 0) is 9.59 Å². The maximum atomic E-state index is 13.0. The number of nitrogens with zero attached hydrogens (tertiary/aromatic N) is 3. The van der Waals surface area contributed by atoms with Crippen LogP contribution in [0.4, 0.5) is 48.1 Å². The number of halogens is 8. The van der Waals surface area contributed by atoms with Crippen molar-refractivity contribution in [3.8, 4) is 0 Å². The lowest BCUT2D eigenvalue weighted by Crippen LogP contribution is -2.21. The van der Waals surface area contributed by atoms with Crippen molar-refractivity contribution in [3.63, 3.8) is 0 Å². The Bertz CT molecular complexity index is 1140. The molecular weight excluding hydrogens is 573 g/mol. The number of carbonyl (C=O) groups excluding carboxylic acids is 1. The molecule has 218 valence electrons. The van der Waals surface area contributed by atoms with Gasteiger partial charge >= 0.3 is 24.3 Å². The monoisotopic (exact) mass is 594 g/mol. The van der Waals surface area contributed by atoms with Crippen molar-refractivity contribution in [2.24, 2.45) is 5.92 Å². The molecule has 19 heteroatoms. The third kappa shape index (κ3) is 13.4. The molecule has 0 atom stereocenters. The summed E-state index contributed by atoms with van der Waals surface area (Å²) in [5, 5.41) is 19.9. The second-order valence-electron chi connectivity index (χ2n) is 7.59. The zero-order valence-electron chi connectivity index (χ0n) is 20.2. The van der Waals surface area contributed by atoms with E-state index in [0.29, 0.717) is 29.5 Å². The topological polar surface area (TPSA) is 180 Å². The summed E-state index contributed by atoms with van der Waals surface area (Å²) in [7, 11) is 0. The highest BCUT2D eigenvalue weighted by atomic mass is 35.5. The number of aromatic nitrogens is 3. The molecule has 2 heterocycles. The Morgan fingerprint density at radius 1 is 1.05 bits per heavy atom. The lowest BCUT2D eigenvalue weighted by Gasteiger charge is -2.12. The molecule has 0 aliphatic heterocycles. The molecule has 0 aliphatic carbocycles. The van der Waals surface area contributed by atoms with Crippen molar-refractivity contribution in [3.05, 3.63) is 34.6 Å². The molecule has 39 heavy (non-hydrogen) atoms. The van der Waals surface area contributed by atoms with Crippen molar-refractivity contribution in [2.45, 2.75) is 39.5 Å². The van der Waals surface area contributed by atoms with Crippen molar-refractivity contribution in [1.29, 1.82) is 0 Å². The van der Waals surface area contributed by atoms with E-state index in [1.54, 1.807) is 6.92 Å². The van der Waals surface area contributed by atoms with E-state index in [-0.39, 0.29) is 16.7 Å². The van der Waals surface area contributed by atoms with E-state index in [1.165, 1.54) is 12.3 Å². The largest absolute Gasteiger partial charge is 0.490 e. The van der Waals surface area contributed by atoms with E-state index >= 15 is 0 Å². The van der Waals surface area contributed by atoms with Gasteiger partial charge in [-0.25, -0.2) is 24.5 Å². The average molecular weight is 595 g/mol. The van der Waals surface area contributed by atoms with Crippen molar-refractivity contribution >= 4 is 46.8 Å². The number of nitrogens with two attached hydrogens (primary N) is 1. The van der Waals surface area contributed by atoms with Crippen LogP contribution in [0.3, 0.4) is 0 Å². The highest BCUT2D eigenvalue weighted by molar-refractivity contribution is 6.32. The minimum absolute atomic E-state index is 0.0528. The van der Waals surface area contributed by atoms with Gasteiger partial charge < -0.3 is 26.6 Å². The number of rotatable bonds is 6. The molecule has 11 nitrogen and oxygen atoms in total. The Balaban J connectivity index is 0.000000848. The van der Waals surface area contributed by atoms with E-state index in [2.05, 4.69) is 39.4 Å². The lowest BCUT2D eigenvalue weighted by atomic mass is 10.1. The van der Waals surface area contributed by atoms with Crippen molar-refractivity contribution in [2.75, 3.05) is 22.9 Å². The highest BCUT2D eigenvalue weighted by Gasteiger charge is 2.38. The molecule has 6 N–H and O–H groups in total. The summed E-state index contributed by atoms with van der Waals surface area (Å²) in [4.78, 5) is 41.8. The van der Waals surface area contributed by atoms with Gasteiger partial charge in [0.15, 0.2) is 22.5 Å². The molecule has 2 aromatic heterocycles. The maximum Gasteiger partial charge on any atom is 0.490 e. The number of carboxylic acids is 2. The van der Waals surface area contributed by atoms with E-state index in [1.807, 2.05) is 0 Å². The number of amides is 1. The number of anilines is 3. The van der Waals surface area contributed by atoms with Crippen molar-refractivity contribution in [1.82, 2.24) is 15.0 Å². The Kier molecular flexibility index (Phi) is 13.3. The summed E-state index contributed by atoms with van der Waals surface area (Å²) < 4.78 is 76.5. The second-order valence-corrected chi connectivity index (χ2v) is 7.95. The van der Waals surface area contributed by atoms with E-state index in [9.17, 15) is 35.5 Å². The van der Waals surface area contributed by atoms with Gasteiger partial charge in [-0.3, -0.25) is 4.79 Å². The number of hydrogen-bond acceptors (Lipinski definition) is 8. The van der Waals surface area contributed by atoms with Gasteiger partial charge in [0.1, 0.15) is 0 Å². The molecule has 0 fully saturated rings. The van der Waals surface area contributed by atoms with Crippen LogP contribution in [0.1, 0.15) is 36.3 Å². The van der Waals surface area contributed by atoms with Crippen LogP contribution in [0.2, 0.25) is 5.15 Å². The Morgan fingerprint density at radius 3 is 1.95 bits per heavy atom. The standard InChI is InChI=1S/C16H20ClFN6O.2C2HF3O2/c1-8(2)4-5-20-15-13(17)23-12(14(19)24-15)16(25)22-10-7-21-11(18)6-9(10)3;2*3-2(4,5)1(6)7/h6-8H,4-5H2,1-3H3,(H,22,25)(H3,19,20,24);2*(H,6,7). The zero-order chi connectivity index (χ0) is 30.7. The van der Waals surface area contributed by atoms with E-state index in [4.69, 9.17) is 37.1 Å². The Labute approximate surface area is 220 Å². The van der Waals surface area contributed by atoms with E-state index < -0.39 is 36.1 Å². The van der Waals surface area contributed by atoms with Crippen LogP contribution in [0.25, 0.3) is 0 Å². The number of nitrogen functional groups attached to an aromatic ring is 1. The smallest absolute Gasteiger partial charge is 0.475 e. The summed E-state index contributed by atoms with van der Waals surface area (Å²) in [5.41, 5.74) is 6.59. The van der Waals surface area contributed by atoms with Gasteiger partial charge in [-0.15, -0.1) is 0 Å². The average Bonchev–Trinajstić information content (AvgIpc) is 2.77. The summed E-state index contributed by atoms with van der Waals surface area (Å²) in [5.74, 6) is -5.95. The van der Waals surface area contributed by atoms with Crippen LogP contribution < -0.4 is 16.4 Å². The molecule has 0 aromatic carbocycles. The number of aliphatic carboxylic acids is 2. The van der Waals surface area contributed by atoms with Gasteiger partial charge in [0, 0.05) is 6.54 Å². The van der Waals surface area contributed by atoms with E-state index in [0.717, 1.165) is 6.42 Å². The first kappa shape index (κ1) is 35.0. The number of nitrogens with one attached hydrogen (secondary N) is 2. The first-order valence-corrected chi connectivity index (χ1v) is 10.6. The zero-order valence-corrected chi connectivity index (χ0v) is 21.0. The molecule has 0 radical (unpaired) electrons. The summed E-state index contributed by atoms with van der Waals surface area (Å²) >= 11 is 6.08. The Hall–Kier alpha value is -3.96. The molecule has 2 rings (SSSR count). The third-order valence-electron chi connectivity index (χ3n) is 3.92. The number of aryl methyl sites for hydroxylation is 1. The van der Waals surface area contributed by atoms with Gasteiger partial charge in [0.2, 0.25) is 5.95 Å². The lowest BCUT2D eigenvalue weighted by molar-refractivity contribution is -0.193. The quantitative estimate of drug-likeness (QED) is 0.235. The van der Waals surface area contributed by atoms with Gasteiger partial charge in [0.25, 0.3) is 5.91 Å². The molecule has 1 amide bonds. The molecule has 0 bridgehead atoms. The fourth-order valence-electron chi connectivity index (χ4n) is 2.02.